The average Bonchev–Trinajstić information content (AvgIpc) is 2.69. The summed E-state index contributed by atoms with van der Waals surface area (Å²) in [5.41, 5.74) is 4.60. The number of halogens is 2. The minimum absolute atomic E-state index is 0.172. The van der Waals surface area contributed by atoms with Crippen LogP contribution < -0.4 is 0 Å². The molecule has 1 heterocycles. The molecule has 0 spiro atoms. The molecule has 1 nitrogen and oxygen atoms in total. The van der Waals surface area contributed by atoms with E-state index in [9.17, 15) is 4.39 Å². The number of rotatable bonds is 4. The van der Waals surface area contributed by atoms with Crippen molar-refractivity contribution in [1.82, 2.24) is 0 Å². The van der Waals surface area contributed by atoms with E-state index in [-0.39, 0.29) is 5.82 Å². The van der Waals surface area contributed by atoms with Gasteiger partial charge in [0.05, 0.1) is 6.61 Å². The van der Waals surface area contributed by atoms with Crippen molar-refractivity contribution in [2.24, 2.45) is 5.92 Å². The fourth-order valence-corrected chi connectivity index (χ4v) is 4.97. The topological polar surface area (TPSA) is 9.23 Å². The Labute approximate surface area is 166 Å². The average molecular weight is 387 g/mol. The van der Waals surface area contributed by atoms with Gasteiger partial charge in [-0.25, -0.2) is 4.39 Å². The number of alkyl halides is 1. The summed E-state index contributed by atoms with van der Waals surface area (Å²) in [4.78, 5) is 0. The van der Waals surface area contributed by atoms with E-state index in [1.807, 2.05) is 6.07 Å². The molecule has 1 aliphatic carbocycles. The zero-order valence-corrected chi connectivity index (χ0v) is 16.8. The molecule has 144 valence electrons. The Kier molecular flexibility index (Phi) is 5.85. The molecule has 0 amide bonds. The zero-order valence-electron chi connectivity index (χ0n) is 16.0. The molecule has 2 aliphatic rings. The first kappa shape index (κ1) is 19.0. The molecule has 1 aliphatic heterocycles. The third-order valence-electron chi connectivity index (χ3n) is 6.33. The Balaban J connectivity index is 1.49. The van der Waals surface area contributed by atoms with E-state index in [0.29, 0.717) is 24.5 Å². The molecule has 27 heavy (non-hydrogen) atoms. The number of benzene rings is 2. The minimum atomic E-state index is -0.426. The van der Waals surface area contributed by atoms with E-state index in [0.717, 1.165) is 22.6 Å². The number of hydrogen-bond donors (Lipinski definition) is 0. The Bertz CT molecular complexity index is 778. The van der Waals surface area contributed by atoms with E-state index in [1.165, 1.54) is 44.1 Å². The van der Waals surface area contributed by atoms with Crippen LogP contribution in [0.4, 0.5) is 4.39 Å². The molecule has 1 atom stereocenters. The molecule has 0 bridgehead atoms. The first-order chi connectivity index (χ1) is 13.1. The van der Waals surface area contributed by atoms with Gasteiger partial charge in [-0.2, -0.15) is 0 Å². The van der Waals surface area contributed by atoms with Crippen LogP contribution in [0.5, 0.6) is 0 Å². The van der Waals surface area contributed by atoms with Gasteiger partial charge in [0, 0.05) is 6.42 Å². The quantitative estimate of drug-likeness (QED) is 0.504. The fraction of sp³-hybridized carbons (Fsp3) is 0.500. The Morgan fingerprint density at radius 1 is 1.04 bits per heavy atom. The van der Waals surface area contributed by atoms with Crippen molar-refractivity contribution >= 4 is 11.6 Å². The molecule has 4 rings (SSSR count). The molecule has 1 fully saturated rings. The molecule has 1 saturated carbocycles. The lowest BCUT2D eigenvalue weighted by Crippen LogP contribution is -2.18. The van der Waals surface area contributed by atoms with Gasteiger partial charge in [0.1, 0.15) is 11.4 Å². The van der Waals surface area contributed by atoms with Gasteiger partial charge < -0.3 is 4.74 Å². The highest BCUT2D eigenvalue weighted by molar-refractivity contribution is 6.19. The van der Waals surface area contributed by atoms with Gasteiger partial charge in [0.15, 0.2) is 0 Å². The van der Waals surface area contributed by atoms with Crippen molar-refractivity contribution in [3.63, 3.8) is 0 Å². The Hall–Kier alpha value is -1.38. The molecule has 2 aromatic carbocycles. The molecular weight excluding hydrogens is 359 g/mol. The summed E-state index contributed by atoms with van der Waals surface area (Å²) in [5, 5.41) is 0. The standard InChI is InChI=1S/C24H28ClFO/c1-2-3-16-4-6-17(7-5-16)18-8-10-19(11-9-18)20-12-21-15-27-24(25)14-22(21)23(26)13-20/h8-13,16-17,24H,2-7,14-15H2,1H3. The van der Waals surface area contributed by atoms with E-state index >= 15 is 0 Å². The predicted molar refractivity (Wildman–Crippen MR) is 110 cm³/mol. The van der Waals surface area contributed by atoms with Crippen LogP contribution in [0.2, 0.25) is 0 Å². The second-order valence-electron chi connectivity index (χ2n) is 8.15. The lowest BCUT2D eigenvalue weighted by Gasteiger charge is -2.28. The van der Waals surface area contributed by atoms with Crippen LogP contribution in [0.15, 0.2) is 36.4 Å². The maximum atomic E-state index is 14.5. The van der Waals surface area contributed by atoms with Crippen LogP contribution >= 0.6 is 11.6 Å². The van der Waals surface area contributed by atoms with Gasteiger partial charge in [-0.1, -0.05) is 55.6 Å². The molecule has 1 unspecified atom stereocenters. The molecule has 0 saturated heterocycles. The lowest BCUT2D eigenvalue weighted by molar-refractivity contribution is 0.0800. The van der Waals surface area contributed by atoms with E-state index < -0.39 is 5.56 Å². The Morgan fingerprint density at radius 3 is 2.48 bits per heavy atom. The Morgan fingerprint density at radius 2 is 1.78 bits per heavy atom. The summed E-state index contributed by atoms with van der Waals surface area (Å²) in [6, 6.07) is 12.4. The first-order valence-corrected chi connectivity index (χ1v) is 10.7. The fourth-order valence-electron chi connectivity index (χ4n) is 4.76. The predicted octanol–water partition coefficient (Wildman–Crippen LogP) is 7.20. The summed E-state index contributed by atoms with van der Waals surface area (Å²) in [6.07, 6.45) is 8.43. The highest BCUT2D eigenvalue weighted by Gasteiger charge is 2.23. The lowest BCUT2D eigenvalue weighted by atomic mass is 9.77. The molecular formula is C24H28ClFO. The molecule has 0 aromatic heterocycles. The largest absolute Gasteiger partial charge is 0.357 e. The van der Waals surface area contributed by atoms with Crippen molar-refractivity contribution in [1.29, 1.82) is 0 Å². The van der Waals surface area contributed by atoms with Crippen LogP contribution in [0.1, 0.15) is 68.1 Å². The maximum Gasteiger partial charge on any atom is 0.135 e. The minimum Gasteiger partial charge on any atom is -0.357 e. The van der Waals surface area contributed by atoms with Crippen LogP contribution in [0.3, 0.4) is 0 Å². The van der Waals surface area contributed by atoms with Gasteiger partial charge in [-0.05, 0) is 77.5 Å². The number of hydrogen-bond acceptors (Lipinski definition) is 1. The second kappa shape index (κ2) is 8.32. The van der Waals surface area contributed by atoms with E-state index in [1.54, 1.807) is 6.07 Å². The zero-order chi connectivity index (χ0) is 18.8. The molecule has 0 N–H and O–H groups in total. The van der Waals surface area contributed by atoms with Crippen molar-refractivity contribution in [3.8, 4) is 11.1 Å². The van der Waals surface area contributed by atoms with Gasteiger partial charge >= 0.3 is 0 Å². The molecule has 2 aromatic rings. The van der Waals surface area contributed by atoms with E-state index in [2.05, 4.69) is 31.2 Å². The number of fused-ring (bicyclic) bond motifs is 1. The second-order valence-corrected chi connectivity index (χ2v) is 8.64. The molecule has 3 heteroatoms. The first-order valence-electron chi connectivity index (χ1n) is 10.3. The highest BCUT2D eigenvalue weighted by atomic mass is 35.5. The summed E-state index contributed by atoms with van der Waals surface area (Å²) in [6.45, 7) is 2.67. The molecule has 0 radical (unpaired) electrons. The summed E-state index contributed by atoms with van der Waals surface area (Å²) < 4.78 is 20.0. The van der Waals surface area contributed by atoms with Gasteiger partial charge in [-0.15, -0.1) is 0 Å². The summed E-state index contributed by atoms with van der Waals surface area (Å²) in [7, 11) is 0. The normalized spacial score (nSPS) is 25.2. The van der Waals surface area contributed by atoms with Crippen molar-refractivity contribution in [3.05, 3.63) is 58.9 Å². The van der Waals surface area contributed by atoms with Crippen molar-refractivity contribution in [2.45, 2.75) is 70.0 Å². The summed E-state index contributed by atoms with van der Waals surface area (Å²) in [5.74, 6) is 1.44. The maximum absolute atomic E-state index is 14.5. The number of ether oxygens (including phenoxy) is 1. The monoisotopic (exact) mass is 386 g/mol. The van der Waals surface area contributed by atoms with Gasteiger partial charge in [0.2, 0.25) is 0 Å². The van der Waals surface area contributed by atoms with Gasteiger partial charge in [0.25, 0.3) is 0 Å². The van der Waals surface area contributed by atoms with Crippen molar-refractivity contribution < 1.29 is 9.13 Å². The van der Waals surface area contributed by atoms with Crippen LogP contribution in [-0.4, -0.2) is 5.56 Å². The van der Waals surface area contributed by atoms with Crippen molar-refractivity contribution in [2.75, 3.05) is 0 Å². The summed E-state index contributed by atoms with van der Waals surface area (Å²) >= 11 is 6.00. The third-order valence-corrected chi connectivity index (χ3v) is 6.61. The van der Waals surface area contributed by atoms with E-state index in [4.69, 9.17) is 16.3 Å². The van der Waals surface area contributed by atoms with Crippen LogP contribution in [0.25, 0.3) is 11.1 Å². The third kappa shape index (κ3) is 4.22. The smallest absolute Gasteiger partial charge is 0.135 e. The van der Waals surface area contributed by atoms with Crippen LogP contribution in [0, 0.1) is 11.7 Å². The van der Waals surface area contributed by atoms with Gasteiger partial charge in [-0.3, -0.25) is 0 Å². The SMILES string of the molecule is CCCC1CCC(c2ccc(-c3cc(F)c4c(c3)COC(Cl)C4)cc2)CC1. The highest BCUT2D eigenvalue weighted by Crippen LogP contribution is 2.38. The van der Waals surface area contributed by atoms with Crippen LogP contribution in [-0.2, 0) is 17.8 Å².